The Hall–Kier alpha value is -2.90. The number of rotatable bonds is 2. The molecule has 1 heterocycles. The third-order valence-electron chi connectivity index (χ3n) is 7.49. The van der Waals surface area contributed by atoms with E-state index in [4.69, 9.17) is 5.73 Å². The minimum atomic E-state index is -4.46. The summed E-state index contributed by atoms with van der Waals surface area (Å²) in [6, 6.07) is 6.07. The maximum absolute atomic E-state index is 13.6. The Bertz CT molecular complexity index is 1140. The molecule has 1 fully saturated rings. The highest BCUT2D eigenvalue weighted by Gasteiger charge is 2.55. The monoisotopic (exact) mass is 445 g/mol. The largest absolute Gasteiger partial charge is 0.392 e. The van der Waals surface area contributed by atoms with Crippen LogP contribution in [0.2, 0.25) is 0 Å². The van der Waals surface area contributed by atoms with E-state index in [1.807, 2.05) is 6.92 Å². The highest BCUT2D eigenvalue weighted by atomic mass is 19.4. The number of nitrogens with zero attached hydrogens (tertiary/aromatic N) is 2. The number of carbonyl (C=O) groups is 1. The van der Waals surface area contributed by atoms with Gasteiger partial charge in [-0.1, -0.05) is 24.1 Å². The number of fused-ring (bicyclic) bond motifs is 4. The maximum atomic E-state index is 13.6. The molecule has 3 aliphatic rings. The lowest BCUT2D eigenvalue weighted by Gasteiger charge is -2.50. The summed E-state index contributed by atoms with van der Waals surface area (Å²) < 4.78 is 56.0. The zero-order chi connectivity index (χ0) is 22.8. The van der Waals surface area contributed by atoms with Crippen LogP contribution < -0.4 is 5.73 Å². The molecular formula is C24H23F4N3O. The quantitative estimate of drug-likeness (QED) is 0.524. The summed E-state index contributed by atoms with van der Waals surface area (Å²) >= 11 is 0. The van der Waals surface area contributed by atoms with Crippen LogP contribution in [0.25, 0.3) is 11.8 Å². The number of halogens is 4. The first-order chi connectivity index (χ1) is 15.1. The van der Waals surface area contributed by atoms with Gasteiger partial charge in [0.1, 0.15) is 5.82 Å². The molecule has 2 aromatic rings. The predicted octanol–water partition coefficient (Wildman–Crippen LogP) is 4.98. The van der Waals surface area contributed by atoms with Crippen molar-refractivity contribution in [1.29, 1.82) is 0 Å². The summed E-state index contributed by atoms with van der Waals surface area (Å²) in [7, 11) is 0. The molecule has 1 unspecified atom stereocenters. The van der Waals surface area contributed by atoms with Crippen molar-refractivity contribution in [3.05, 3.63) is 64.8 Å². The Morgan fingerprint density at radius 2 is 1.97 bits per heavy atom. The van der Waals surface area contributed by atoms with Crippen molar-refractivity contribution in [2.45, 2.75) is 38.8 Å². The number of carbonyl (C=O) groups excluding carboxylic acids is 1. The van der Waals surface area contributed by atoms with E-state index in [0.717, 1.165) is 28.1 Å². The van der Waals surface area contributed by atoms with Gasteiger partial charge >= 0.3 is 6.18 Å². The maximum Gasteiger partial charge on any atom is 0.392 e. The molecule has 5 rings (SSSR count). The first kappa shape index (κ1) is 21.0. The lowest BCUT2D eigenvalue weighted by Crippen LogP contribution is -2.49. The van der Waals surface area contributed by atoms with E-state index in [1.165, 1.54) is 12.1 Å². The average Bonchev–Trinajstić information content (AvgIpc) is 3.13. The van der Waals surface area contributed by atoms with Crippen molar-refractivity contribution in [3.63, 3.8) is 0 Å². The van der Waals surface area contributed by atoms with Crippen LogP contribution in [0, 0.1) is 29.0 Å². The van der Waals surface area contributed by atoms with Crippen molar-refractivity contribution in [2.24, 2.45) is 28.9 Å². The molecule has 168 valence electrons. The fourth-order valence-electron chi connectivity index (χ4n) is 5.96. The van der Waals surface area contributed by atoms with Crippen LogP contribution in [0.3, 0.4) is 0 Å². The molecule has 1 saturated carbocycles. The molecule has 4 atom stereocenters. The third-order valence-corrected chi connectivity index (χ3v) is 7.49. The molecule has 2 N–H and O–H groups in total. The van der Waals surface area contributed by atoms with Crippen molar-refractivity contribution >= 4 is 12.0 Å². The molecule has 1 amide bonds. The van der Waals surface area contributed by atoms with Gasteiger partial charge in [0.2, 0.25) is 5.91 Å². The van der Waals surface area contributed by atoms with Crippen molar-refractivity contribution < 1.29 is 22.4 Å². The van der Waals surface area contributed by atoms with Gasteiger partial charge in [0.15, 0.2) is 0 Å². The number of hydrogen-bond donors (Lipinski definition) is 1. The second-order valence-corrected chi connectivity index (χ2v) is 9.24. The molecule has 0 radical (unpaired) electrons. The zero-order valence-electron chi connectivity index (χ0n) is 17.5. The fraction of sp³-hybridized carbons (Fsp3) is 0.417. The van der Waals surface area contributed by atoms with Gasteiger partial charge in [-0.05, 0) is 67.5 Å². The Morgan fingerprint density at radius 3 is 2.62 bits per heavy atom. The fourth-order valence-corrected chi connectivity index (χ4v) is 5.96. The molecule has 32 heavy (non-hydrogen) atoms. The van der Waals surface area contributed by atoms with Gasteiger partial charge in [-0.2, -0.15) is 18.3 Å². The van der Waals surface area contributed by atoms with Gasteiger partial charge in [-0.3, -0.25) is 4.79 Å². The zero-order valence-corrected chi connectivity index (χ0v) is 17.5. The number of alkyl halides is 3. The Morgan fingerprint density at radius 1 is 1.25 bits per heavy atom. The SMILES string of the molecule is C[C@]12Cc3cnn(-c4ccc(F)cc4)c3C=C1CCC1C2=CC[C@@H](C(F)(F)F)[C@@H]1C(N)=O. The van der Waals surface area contributed by atoms with E-state index in [0.29, 0.717) is 19.3 Å². The standard InChI is InChI=1S/C24H23F4N3O/c1-23-11-13-12-30-31(16-5-3-15(25)4-6-16)20(13)10-14(23)2-7-17-18(23)8-9-19(24(26,27)28)21(17)22(29)32/h3-6,8,10,12,17,19,21H,2,7,9,11H2,1H3,(H2,29,32)/t17?,19-,21-,23+/m1/s1. The molecule has 0 spiro atoms. The summed E-state index contributed by atoms with van der Waals surface area (Å²) in [6.07, 6.45) is 2.44. The van der Waals surface area contributed by atoms with Crippen LogP contribution in [-0.2, 0) is 11.2 Å². The van der Waals surface area contributed by atoms with Crippen LogP contribution in [0.4, 0.5) is 17.6 Å². The second kappa shape index (κ2) is 7.05. The molecule has 1 aromatic heterocycles. The first-order valence-corrected chi connectivity index (χ1v) is 10.7. The van der Waals surface area contributed by atoms with Crippen molar-refractivity contribution in [1.82, 2.24) is 9.78 Å². The van der Waals surface area contributed by atoms with Gasteiger partial charge in [0.25, 0.3) is 0 Å². The number of aromatic nitrogens is 2. The Labute approximate surface area is 182 Å². The number of primary amides is 1. The summed E-state index contributed by atoms with van der Waals surface area (Å²) in [5, 5.41) is 4.49. The van der Waals surface area contributed by atoms with Gasteiger partial charge in [-0.25, -0.2) is 9.07 Å². The number of allylic oxidation sites excluding steroid dienone is 3. The van der Waals surface area contributed by atoms with E-state index in [9.17, 15) is 22.4 Å². The van der Waals surface area contributed by atoms with Gasteiger partial charge in [0.05, 0.1) is 29.4 Å². The summed E-state index contributed by atoms with van der Waals surface area (Å²) in [5.41, 5.74) is 9.64. The minimum absolute atomic E-state index is 0.229. The molecule has 1 aromatic carbocycles. The third kappa shape index (κ3) is 3.11. The molecular weight excluding hydrogens is 422 g/mol. The molecule has 3 aliphatic carbocycles. The minimum Gasteiger partial charge on any atom is -0.369 e. The number of nitrogens with two attached hydrogens (primary N) is 1. The Kier molecular flexibility index (Phi) is 4.62. The molecule has 0 bridgehead atoms. The summed E-state index contributed by atoms with van der Waals surface area (Å²) in [4.78, 5) is 12.2. The predicted molar refractivity (Wildman–Crippen MR) is 111 cm³/mol. The van der Waals surface area contributed by atoms with Crippen LogP contribution in [0.1, 0.15) is 37.4 Å². The topological polar surface area (TPSA) is 60.9 Å². The highest BCUT2D eigenvalue weighted by Crippen LogP contribution is 2.58. The van der Waals surface area contributed by atoms with E-state index in [-0.39, 0.29) is 12.2 Å². The van der Waals surface area contributed by atoms with Gasteiger partial charge in [0, 0.05) is 5.41 Å². The van der Waals surface area contributed by atoms with Gasteiger partial charge in [-0.15, -0.1) is 0 Å². The van der Waals surface area contributed by atoms with E-state index < -0.39 is 35.3 Å². The summed E-state index contributed by atoms with van der Waals surface area (Å²) in [5.74, 6) is -4.69. The van der Waals surface area contributed by atoms with Crippen LogP contribution in [0.15, 0.2) is 47.7 Å². The average molecular weight is 445 g/mol. The first-order valence-electron chi connectivity index (χ1n) is 10.7. The molecule has 4 nitrogen and oxygen atoms in total. The second-order valence-electron chi connectivity index (χ2n) is 9.24. The normalized spacial score (nSPS) is 29.3. The van der Waals surface area contributed by atoms with E-state index in [2.05, 4.69) is 11.2 Å². The highest BCUT2D eigenvalue weighted by molar-refractivity contribution is 5.79. The lowest BCUT2D eigenvalue weighted by atomic mass is 9.54. The van der Waals surface area contributed by atoms with Crippen LogP contribution in [-0.4, -0.2) is 21.9 Å². The summed E-state index contributed by atoms with van der Waals surface area (Å²) in [6.45, 7) is 2.04. The van der Waals surface area contributed by atoms with Crippen molar-refractivity contribution in [2.75, 3.05) is 0 Å². The molecule has 0 saturated heterocycles. The number of amides is 1. The van der Waals surface area contributed by atoms with Crippen molar-refractivity contribution in [3.8, 4) is 5.69 Å². The van der Waals surface area contributed by atoms with Crippen LogP contribution in [0.5, 0.6) is 0 Å². The van der Waals surface area contributed by atoms with Gasteiger partial charge < -0.3 is 5.73 Å². The Balaban J connectivity index is 1.55. The number of hydrogen-bond acceptors (Lipinski definition) is 2. The molecule has 0 aliphatic heterocycles. The number of benzene rings is 1. The smallest absolute Gasteiger partial charge is 0.369 e. The van der Waals surface area contributed by atoms with E-state index >= 15 is 0 Å². The van der Waals surface area contributed by atoms with E-state index in [1.54, 1.807) is 29.1 Å². The van der Waals surface area contributed by atoms with Crippen LogP contribution >= 0.6 is 0 Å². The lowest BCUT2D eigenvalue weighted by molar-refractivity contribution is -0.196. The molecule has 8 heteroatoms.